The third-order valence-electron chi connectivity index (χ3n) is 9.11. The topological polar surface area (TPSA) is 121 Å². The normalized spacial score (nSPS) is 58.7. The molecule has 3 saturated carbocycles. The van der Waals surface area contributed by atoms with Crippen LogP contribution >= 0.6 is 0 Å². The van der Waals surface area contributed by atoms with Crippen LogP contribution in [-0.2, 0) is 0 Å². The molecule has 0 aliphatic heterocycles. The molecule has 6 nitrogen and oxygen atoms in total. The molecule has 0 heterocycles. The van der Waals surface area contributed by atoms with Crippen LogP contribution in [-0.4, -0.2) is 65.8 Å². The summed E-state index contributed by atoms with van der Waals surface area (Å²) in [7, 11) is 0. The minimum absolute atomic E-state index is 0.134. The van der Waals surface area contributed by atoms with Gasteiger partial charge in [-0.3, -0.25) is 0 Å². The average molecular weight is 382 g/mol. The van der Waals surface area contributed by atoms with Crippen molar-refractivity contribution in [2.45, 2.75) is 94.4 Å². The number of hydrogen-bond acceptors (Lipinski definition) is 6. The Morgan fingerprint density at radius 3 is 2.41 bits per heavy atom. The van der Waals surface area contributed by atoms with Crippen LogP contribution in [0.5, 0.6) is 0 Å². The molecule has 0 saturated heterocycles. The number of aliphatic hydroxyl groups is 6. The summed E-state index contributed by atoms with van der Waals surface area (Å²) >= 11 is 0. The molecule has 4 aliphatic carbocycles. The highest BCUT2D eigenvalue weighted by atomic mass is 16.4. The Morgan fingerprint density at radius 1 is 1.11 bits per heavy atom. The van der Waals surface area contributed by atoms with E-state index in [1.54, 1.807) is 6.92 Å². The zero-order valence-electron chi connectivity index (χ0n) is 16.5. The molecular formula is C21H34O6. The fraction of sp³-hybridized carbons (Fsp3) is 0.905. The fourth-order valence-corrected chi connectivity index (χ4v) is 7.24. The van der Waals surface area contributed by atoms with Gasteiger partial charge in [-0.25, -0.2) is 0 Å². The quantitative estimate of drug-likeness (QED) is 0.367. The summed E-state index contributed by atoms with van der Waals surface area (Å²) < 4.78 is 0. The fourth-order valence-electron chi connectivity index (χ4n) is 7.24. The van der Waals surface area contributed by atoms with Crippen LogP contribution in [0, 0.1) is 23.2 Å². The summed E-state index contributed by atoms with van der Waals surface area (Å²) in [6, 6.07) is 0. The highest BCUT2D eigenvalue weighted by molar-refractivity contribution is 5.34. The molecule has 6 heteroatoms. The summed E-state index contributed by atoms with van der Waals surface area (Å²) in [5.41, 5.74) is -4.26. The summed E-state index contributed by atoms with van der Waals surface area (Å²) in [5.74, 6) is -1.55. The van der Waals surface area contributed by atoms with Crippen molar-refractivity contribution in [2.24, 2.45) is 23.2 Å². The lowest BCUT2D eigenvalue weighted by Crippen LogP contribution is -2.72. The lowest BCUT2D eigenvalue weighted by Gasteiger charge is -2.56. The Balaban J connectivity index is 1.81. The SMILES string of the molecule is C[C@H](O)[C@@]1(O)CC[C@]2(O)[C@H]3CC=C4C[C@H](O)CC[C@@]4(C)[C@H]3[C@@H](O)[C@]2(O)[C@@H]1C. The van der Waals surface area contributed by atoms with Crippen molar-refractivity contribution in [3.8, 4) is 0 Å². The molecule has 0 aromatic heterocycles. The lowest BCUT2D eigenvalue weighted by atomic mass is 9.55. The van der Waals surface area contributed by atoms with Crippen molar-refractivity contribution in [1.29, 1.82) is 0 Å². The Kier molecular flexibility index (Phi) is 4.23. The van der Waals surface area contributed by atoms with E-state index in [9.17, 15) is 30.6 Å². The highest BCUT2D eigenvalue weighted by Gasteiger charge is 2.77. The molecular weight excluding hydrogens is 348 g/mol. The molecule has 4 aliphatic rings. The van der Waals surface area contributed by atoms with Gasteiger partial charge in [0.25, 0.3) is 0 Å². The van der Waals surface area contributed by atoms with Crippen molar-refractivity contribution in [3.63, 3.8) is 0 Å². The third kappa shape index (κ3) is 2.17. The van der Waals surface area contributed by atoms with Crippen molar-refractivity contribution in [3.05, 3.63) is 11.6 Å². The minimum atomic E-state index is -1.89. The smallest absolute Gasteiger partial charge is 0.125 e. The van der Waals surface area contributed by atoms with Crippen LogP contribution < -0.4 is 0 Å². The molecule has 4 rings (SSSR count). The maximum absolute atomic E-state index is 11.7. The molecule has 0 aromatic carbocycles. The van der Waals surface area contributed by atoms with E-state index in [1.165, 1.54) is 6.92 Å². The van der Waals surface area contributed by atoms with Crippen molar-refractivity contribution in [2.75, 3.05) is 0 Å². The Bertz CT molecular complexity index is 663. The highest BCUT2D eigenvalue weighted by Crippen LogP contribution is 2.67. The van der Waals surface area contributed by atoms with Crippen LogP contribution in [0.3, 0.4) is 0 Å². The van der Waals surface area contributed by atoms with Crippen LogP contribution in [0.1, 0.15) is 59.3 Å². The van der Waals surface area contributed by atoms with Gasteiger partial charge in [0.15, 0.2) is 0 Å². The maximum atomic E-state index is 11.7. The van der Waals surface area contributed by atoms with E-state index >= 15 is 0 Å². The van der Waals surface area contributed by atoms with Gasteiger partial charge < -0.3 is 30.6 Å². The molecule has 10 atom stereocenters. The van der Waals surface area contributed by atoms with E-state index in [4.69, 9.17) is 0 Å². The largest absolute Gasteiger partial charge is 0.393 e. The zero-order chi connectivity index (χ0) is 20.0. The molecule has 154 valence electrons. The summed E-state index contributed by atoms with van der Waals surface area (Å²) in [6.07, 6.45) is 2.15. The van der Waals surface area contributed by atoms with E-state index in [0.717, 1.165) is 5.57 Å². The third-order valence-corrected chi connectivity index (χ3v) is 9.11. The first-order valence-corrected chi connectivity index (χ1v) is 10.3. The predicted octanol–water partition coefficient (Wildman–Crippen LogP) is 0.478. The monoisotopic (exact) mass is 382 g/mol. The molecule has 0 bridgehead atoms. The standard InChI is InChI=1S/C21H34O6/c1-11-19(25,12(2)22)8-9-20(26)15-5-4-13-10-14(23)6-7-18(13,3)16(15)17(24)21(11,20)27/h4,11-12,14-17,22-27H,5-10H2,1-3H3/t11-,12+,14-,15+,16-,17-,18-,19-,20+,21-/m1/s1. The van der Waals surface area contributed by atoms with Crippen molar-refractivity contribution in [1.82, 2.24) is 0 Å². The van der Waals surface area contributed by atoms with Gasteiger partial charge in [-0.05, 0) is 50.9 Å². The zero-order valence-corrected chi connectivity index (χ0v) is 16.5. The van der Waals surface area contributed by atoms with Gasteiger partial charge in [0.05, 0.1) is 29.5 Å². The van der Waals surface area contributed by atoms with Crippen LogP contribution in [0.15, 0.2) is 11.6 Å². The molecule has 27 heavy (non-hydrogen) atoms. The Hall–Kier alpha value is -0.500. The molecule has 6 N–H and O–H groups in total. The number of hydrogen-bond donors (Lipinski definition) is 6. The first-order valence-electron chi connectivity index (χ1n) is 10.3. The van der Waals surface area contributed by atoms with Crippen LogP contribution in [0.4, 0.5) is 0 Å². The predicted molar refractivity (Wildman–Crippen MR) is 98.6 cm³/mol. The van der Waals surface area contributed by atoms with Crippen LogP contribution in [0.25, 0.3) is 0 Å². The van der Waals surface area contributed by atoms with E-state index < -0.39 is 40.3 Å². The van der Waals surface area contributed by atoms with Gasteiger partial charge in [-0.15, -0.1) is 0 Å². The maximum Gasteiger partial charge on any atom is 0.125 e. The van der Waals surface area contributed by atoms with E-state index in [1.807, 2.05) is 0 Å². The van der Waals surface area contributed by atoms with Gasteiger partial charge in [-0.1, -0.05) is 25.5 Å². The van der Waals surface area contributed by atoms with Crippen LogP contribution in [0.2, 0.25) is 0 Å². The minimum Gasteiger partial charge on any atom is -0.393 e. The van der Waals surface area contributed by atoms with Gasteiger partial charge >= 0.3 is 0 Å². The summed E-state index contributed by atoms with van der Waals surface area (Å²) in [5, 5.41) is 66.1. The van der Waals surface area contributed by atoms with E-state index in [0.29, 0.717) is 25.7 Å². The Labute approximate surface area is 160 Å². The first-order chi connectivity index (χ1) is 12.4. The average Bonchev–Trinajstić information content (AvgIpc) is 2.79. The van der Waals surface area contributed by atoms with Crippen molar-refractivity contribution < 1.29 is 30.6 Å². The van der Waals surface area contributed by atoms with Gasteiger partial charge in [0, 0.05) is 17.8 Å². The molecule has 0 unspecified atom stereocenters. The lowest BCUT2D eigenvalue weighted by molar-refractivity contribution is -0.283. The summed E-state index contributed by atoms with van der Waals surface area (Å²) in [4.78, 5) is 0. The number of aliphatic hydroxyl groups excluding tert-OH is 3. The van der Waals surface area contributed by atoms with Gasteiger partial charge in [0.2, 0.25) is 0 Å². The first kappa shape index (κ1) is 19.8. The molecule has 0 amide bonds. The van der Waals surface area contributed by atoms with E-state index in [2.05, 4.69) is 13.0 Å². The second kappa shape index (κ2) is 5.77. The number of rotatable bonds is 1. The number of allylic oxidation sites excluding steroid dienone is 1. The van der Waals surface area contributed by atoms with Crippen molar-refractivity contribution >= 4 is 0 Å². The second-order valence-electron chi connectivity index (χ2n) is 9.99. The molecule has 0 spiro atoms. The second-order valence-corrected chi connectivity index (χ2v) is 9.99. The molecule has 0 radical (unpaired) electrons. The molecule has 3 fully saturated rings. The Morgan fingerprint density at radius 2 is 1.78 bits per heavy atom. The van der Waals surface area contributed by atoms with E-state index in [-0.39, 0.29) is 30.8 Å². The number of fused-ring (bicyclic) bond motifs is 5. The molecule has 0 aromatic rings. The van der Waals surface area contributed by atoms with Gasteiger partial charge in [-0.2, -0.15) is 0 Å². The van der Waals surface area contributed by atoms with Gasteiger partial charge in [0.1, 0.15) is 5.60 Å². The summed E-state index contributed by atoms with van der Waals surface area (Å²) in [6.45, 7) is 5.18.